The minimum absolute atomic E-state index is 0.0763. The van der Waals surface area contributed by atoms with E-state index in [0.29, 0.717) is 23.9 Å². The van der Waals surface area contributed by atoms with Gasteiger partial charge in [-0.15, -0.1) is 5.10 Å². The number of hydrogen-bond donors (Lipinski definition) is 2. The first-order chi connectivity index (χ1) is 15.1. The molecule has 1 amide bonds. The molecule has 0 spiro atoms. The van der Waals surface area contributed by atoms with Crippen molar-refractivity contribution in [2.45, 2.75) is 45.7 Å². The Morgan fingerprint density at radius 3 is 2.65 bits per heavy atom. The molecule has 2 aromatic carbocycles. The summed E-state index contributed by atoms with van der Waals surface area (Å²) >= 11 is 0. The summed E-state index contributed by atoms with van der Waals surface area (Å²) in [4.78, 5) is 33.2. The molecule has 4 rings (SSSR count). The van der Waals surface area contributed by atoms with Gasteiger partial charge >= 0.3 is 0 Å². The summed E-state index contributed by atoms with van der Waals surface area (Å²) in [5, 5.41) is 11.7. The number of amides is 1. The van der Waals surface area contributed by atoms with E-state index in [9.17, 15) is 9.59 Å². The number of hydrogen-bond acceptors (Lipinski definition) is 5. The lowest BCUT2D eigenvalue weighted by Crippen LogP contribution is -2.33. The molecule has 2 N–H and O–H groups in total. The molecule has 0 aliphatic rings. The summed E-state index contributed by atoms with van der Waals surface area (Å²) in [6, 6.07) is 14.7. The zero-order valence-corrected chi connectivity index (χ0v) is 17.7. The predicted molar refractivity (Wildman–Crippen MR) is 119 cm³/mol. The highest BCUT2D eigenvalue weighted by molar-refractivity contribution is 5.78. The second-order valence-corrected chi connectivity index (χ2v) is 7.81. The maximum atomic E-state index is 12.7. The molecule has 0 saturated heterocycles. The van der Waals surface area contributed by atoms with Crippen LogP contribution in [0.15, 0.2) is 53.3 Å². The van der Waals surface area contributed by atoms with Crippen LogP contribution in [-0.4, -0.2) is 30.9 Å². The number of benzene rings is 2. The van der Waals surface area contributed by atoms with E-state index < -0.39 is 0 Å². The SMILES string of the molecule is CC[C@@H](C)[C@H](NC(=O)CCCn1nnc2ccccc2c1=O)c1nc2ccccc2[nH]1. The number of H-pyrrole nitrogens is 1. The third-order valence-electron chi connectivity index (χ3n) is 5.63. The van der Waals surface area contributed by atoms with Crippen LogP contribution in [-0.2, 0) is 11.3 Å². The molecule has 0 bridgehead atoms. The highest BCUT2D eigenvalue weighted by Gasteiger charge is 2.23. The molecular formula is C23H26N6O2. The van der Waals surface area contributed by atoms with Crippen molar-refractivity contribution in [2.24, 2.45) is 5.92 Å². The van der Waals surface area contributed by atoms with Crippen LogP contribution in [0.25, 0.3) is 21.9 Å². The van der Waals surface area contributed by atoms with Gasteiger partial charge in [0.25, 0.3) is 5.56 Å². The average molecular weight is 419 g/mol. The van der Waals surface area contributed by atoms with Crippen LogP contribution in [0.4, 0.5) is 0 Å². The van der Waals surface area contributed by atoms with Gasteiger partial charge in [-0.05, 0) is 36.6 Å². The first kappa shape index (κ1) is 20.7. The second kappa shape index (κ2) is 9.07. The summed E-state index contributed by atoms with van der Waals surface area (Å²) in [5.41, 5.74) is 2.22. The van der Waals surface area contributed by atoms with E-state index in [2.05, 4.69) is 39.4 Å². The fraction of sp³-hybridized carbons (Fsp3) is 0.348. The third-order valence-corrected chi connectivity index (χ3v) is 5.63. The lowest BCUT2D eigenvalue weighted by Gasteiger charge is -2.22. The molecule has 0 unspecified atom stereocenters. The third kappa shape index (κ3) is 4.47. The number of nitrogens with zero attached hydrogens (tertiary/aromatic N) is 4. The largest absolute Gasteiger partial charge is 0.346 e. The molecule has 160 valence electrons. The van der Waals surface area contributed by atoms with Crippen LogP contribution < -0.4 is 10.9 Å². The van der Waals surface area contributed by atoms with Gasteiger partial charge in [-0.2, -0.15) is 0 Å². The molecule has 8 heteroatoms. The summed E-state index contributed by atoms with van der Waals surface area (Å²) in [6.07, 6.45) is 1.68. The molecule has 0 radical (unpaired) electrons. The molecule has 31 heavy (non-hydrogen) atoms. The van der Waals surface area contributed by atoms with Crippen molar-refractivity contribution in [3.8, 4) is 0 Å². The Labute approximate surface area is 179 Å². The summed E-state index contributed by atoms with van der Waals surface area (Å²) in [6.45, 7) is 4.53. The number of para-hydroxylation sites is 2. The van der Waals surface area contributed by atoms with Gasteiger partial charge < -0.3 is 10.3 Å². The number of fused-ring (bicyclic) bond motifs is 2. The van der Waals surface area contributed by atoms with Crippen molar-refractivity contribution in [3.05, 3.63) is 64.7 Å². The molecule has 2 atom stereocenters. The Morgan fingerprint density at radius 1 is 1.13 bits per heavy atom. The lowest BCUT2D eigenvalue weighted by molar-refractivity contribution is -0.122. The maximum Gasteiger partial charge on any atom is 0.277 e. The van der Waals surface area contributed by atoms with E-state index in [-0.39, 0.29) is 29.8 Å². The fourth-order valence-electron chi connectivity index (χ4n) is 3.64. The fourth-order valence-corrected chi connectivity index (χ4v) is 3.64. The number of nitrogens with one attached hydrogen (secondary N) is 2. The average Bonchev–Trinajstić information content (AvgIpc) is 3.22. The van der Waals surface area contributed by atoms with Crippen molar-refractivity contribution in [2.75, 3.05) is 0 Å². The Bertz CT molecular complexity index is 1230. The van der Waals surface area contributed by atoms with Crippen molar-refractivity contribution in [1.82, 2.24) is 30.3 Å². The normalized spacial score (nSPS) is 13.4. The Morgan fingerprint density at radius 2 is 1.87 bits per heavy atom. The van der Waals surface area contributed by atoms with Crippen LogP contribution >= 0.6 is 0 Å². The van der Waals surface area contributed by atoms with Gasteiger partial charge in [-0.3, -0.25) is 9.59 Å². The van der Waals surface area contributed by atoms with Crippen LogP contribution in [0.1, 0.15) is 45.0 Å². The van der Waals surface area contributed by atoms with Gasteiger partial charge in [0.15, 0.2) is 0 Å². The molecule has 2 heterocycles. The number of aryl methyl sites for hydroxylation is 1. The standard InChI is InChI=1S/C23H26N6O2/c1-3-15(2)21(22-24-18-11-6-7-12-19(18)25-22)26-20(30)13-8-14-29-23(31)16-9-4-5-10-17(16)27-28-29/h4-7,9-12,15,21H,3,8,13-14H2,1-2H3,(H,24,25)(H,26,30)/t15-,21+/m1/s1. The van der Waals surface area contributed by atoms with Gasteiger partial charge in [0, 0.05) is 13.0 Å². The topological polar surface area (TPSA) is 106 Å². The molecule has 4 aromatic rings. The van der Waals surface area contributed by atoms with E-state index in [4.69, 9.17) is 0 Å². The van der Waals surface area contributed by atoms with E-state index in [1.165, 1.54) is 4.68 Å². The molecule has 0 aliphatic carbocycles. The summed E-state index contributed by atoms with van der Waals surface area (Å²) in [5.74, 6) is 0.909. The van der Waals surface area contributed by atoms with Gasteiger partial charge in [-0.1, -0.05) is 49.7 Å². The summed E-state index contributed by atoms with van der Waals surface area (Å²) in [7, 11) is 0. The second-order valence-electron chi connectivity index (χ2n) is 7.81. The number of carbonyl (C=O) groups excluding carboxylic acids is 1. The molecule has 8 nitrogen and oxygen atoms in total. The van der Waals surface area contributed by atoms with Gasteiger partial charge in [0.2, 0.25) is 5.91 Å². The molecule has 0 fully saturated rings. The smallest absolute Gasteiger partial charge is 0.277 e. The Kier molecular flexibility index (Phi) is 6.06. The first-order valence-electron chi connectivity index (χ1n) is 10.6. The van der Waals surface area contributed by atoms with Crippen molar-refractivity contribution < 1.29 is 4.79 Å². The predicted octanol–water partition coefficient (Wildman–Crippen LogP) is 3.35. The number of aromatic amines is 1. The van der Waals surface area contributed by atoms with Crippen LogP contribution in [0.3, 0.4) is 0 Å². The van der Waals surface area contributed by atoms with E-state index in [0.717, 1.165) is 23.3 Å². The molecule has 0 aliphatic heterocycles. The van der Waals surface area contributed by atoms with E-state index in [1.807, 2.05) is 30.3 Å². The number of rotatable bonds is 8. The highest BCUT2D eigenvalue weighted by atomic mass is 16.1. The van der Waals surface area contributed by atoms with Crippen molar-refractivity contribution in [1.29, 1.82) is 0 Å². The number of imidazole rings is 1. The highest BCUT2D eigenvalue weighted by Crippen LogP contribution is 2.24. The van der Waals surface area contributed by atoms with Crippen molar-refractivity contribution in [3.63, 3.8) is 0 Å². The van der Waals surface area contributed by atoms with Crippen LogP contribution in [0, 0.1) is 5.92 Å². The Hall–Kier alpha value is -3.55. The number of aromatic nitrogens is 5. The van der Waals surface area contributed by atoms with Crippen LogP contribution in [0.2, 0.25) is 0 Å². The monoisotopic (exact) mass is 418 g/mol. The Balaban J connectivity index is 1.41. The number of carbonyl (C=O) groups is 1. The minimum Gasteiger partial charge on any atom is -0.346 e. The molecule has 0 saturated carbocycles. The zero-order chi connectivity index (χ0) is 21.8. The maximum absolute atomic E-state index is 12.7. The van der Waals surface area contributed by atoms with E-state index in [1.54, 1.807) is 18.2 Å². The van der Waals surface area contributed by atoms with Gasteiger partial charge in [-0.25, -0.2) is 9.67 Å². The summed E-state index contributed by atoms with van der Waals surface area (Å²) < 4.78 is 1.32. The van der Waals surface area contributed by atoms with Crippen molar-refractivity contribution >= 4 is 27.8 Å². The first-order valence-corrected chi connectivity index (χ1v) is 10.6. The molecular weight excluding hydrogens is 392 g/mol. The molecule has 2 aromatic heterocycles. The minimum atomic E-state index is -0.201. The zero-order valence-electron chi connectivity index (χ0n) is 17.7. The van der Waals surface area contributed by atoms with Crippen LogP contribution in [0.5, 0.6) is 0 Å². The van der Waals surface area contributed by atoms with Gasteiger partial charge in [0.1, 0.15) is 11.3 Å². The quantitative estimate of drug-likeness (QED) is 0.456. The lowest BCUT2D eigenvalue weighted by atomic mass is 9.98. The van der Waals surface area contributed by atoms with Gasteiger partial charge in [0.05, 0.1) is 22.5 Å². The van der Waals surface area contributed by atoms with E-state index >= 15 is 0 Å².